The van der Waals surface area contributed by atoms with Crippen molar-refractivity contribution in [2.24, 2.45) is 0 Å². The van der Waals surface area contributed by atoms with E-state index in [0.29, 0.717) is 12.9 Å². The molecule has 0 amide bonds. The predicted molar refractivity (Wildman–Crippen MR) is 83.4 cm³/mol. The molecular formula is C17H34O2. The van der Waals surface area contributed by atoms with Crippen molar-refractivity contribution in [2.45, 2.75) is 91.3 Å². The van der Waals surface area contributed by atoms with Gasteiger partial charge in [0.25, 0.3) is 0 Å². The van der Waals surface area contributed by atoms with Gasteiger partial charge in [-0.2, -0.15) is 0 Å². The van der Waals surface area contributed by atoms with Gasteiger partial charge in [-0.25, -0.2) is 0 Å². The molecule has 0 saturated heterocycles. The van der Waals surface area contributed by atoms with Crippen molar-refractivity contribution in [1.29, 1.82) is 0 Å². The van der Waals surface area contributed by atoms with Crippen LogP contribution in [0.4, 0.5) is 0 Å². The topological polar surface area (TPSA) is 18.5 Å². The second kappa shape index (κ2) is 14.1. The first kappa shape index (κ1) is 18.7. The van der Waals surface area contributed by atoms with E-state index in [1.165, 1.54) is 32.1 Å². The van der Waals surface area contributed by atoms with Crippen LogP contribution in [0.25, 0.3) is 0 Å². The molecule has 0 aromatic carbocycles. The van der Waals surface area contributed by atoms with Gasteiger partial charge in [0.1, 0.15) is 6.79 Å². The Kier molecular flexibility index (Phi) is 13.8. The average molecular weight is 270 g/mol. The first-order chi connectivity index (χ1) is 9.24. The van der Waals surface area contributed by atoms with Gasteiger partial charge in [-0.05, 0) is 32.6 Å². The molecule has 0 bridgehead atoms. The number of allylic oxidation sites excluding steroid dienone is 1. The minimum atomic E-state index is 0.158. The molecule has 114 valence electrons. The maximum absolute atomic E-state index is 5.78. The van der Waals surface area contributed by atoms with E-state index >= 15 is 0 Å². The lowest BCUT2D eigenvalue weighted by atomic mass is 10.1. The van der Waals surface area contributed by atoms with E-state index in [1.54, 1.807) is 0 Å². The Labute approximate surface area is 120 Å². The fourth-order valence-corrected chi connectivity index (χ4v) is 2.05. The predicted octanol–water partition coefficient (Wildman–Crippen LogP) is 5.47. The lowest BCUT2D eigenvalue weighted by molar-refractivity contribution is -0.106. The lowest BCUT2D eigenvalue weighted by Gasteiger charge is -2.17. The fourth-order valence-electron chi connectivity index (χ4n) is 2.05. The summed E-state index contributed by atoms with van der Waals surface area (Å²) in [4.78, 5) is 0. The van der Waals surface area contributed by atoms with Crippen molar-refractivity contribution in [3.8, 4) is 0 Å². The molecule has 2 nitrogen and oxygen atoms in total. The highest BCUT2D eigenvalue weighted by molar-refractivity contribution is 4.86. The maximum Gasteiger partial charge on any atom is 0.147 e. The monoisotopic (exact) mass is 270 g/mol. The van der Waals surface area contributed by atoms with Crippen LogP contribution in [-0.2, 0) is 9.47 Å². The van der Waals surface area contributed by atoms with Crippen LogP contribution in [0.5, 0.6) is 0 Å². The van der Waals surface area contributed by atoms with Crippen molar-refractivity contribution in [3.05, 3.63) is 12.2 Å². The molecule has 19 heavy (non-hydrogen) atoms. The number of unbranched alkanes of at least 4 members (excludes halogenated alkanes) is 3. The molecule has 0 spiro atoms. The summed E-state index contributed by atoms with van der Waals surface area (Å²) < 4.78 is 11.4. The van der Waals surface area contributed by atoms with Crippen LogP contribution < -0.4 is 0 Å². The summed E-state index contributed by atoms with van der Waals surface area (Å²) in [5, 5.41) is 0. The molecule has 0 aromatic heterocycles. The minimum Gasteiger partial charge on any atom is -0.352 e. The van der Waals surface area contributed by atoms with E-state index in [0.717, 1.165) is 19.3 Å². The Hall–Kier alpha value is -0.340. The smallest absolute Gasteiger partial charge is 0.147 e. The van der Waals surface area contributed by atoms with Gasteiger partial charge in [0, 0.05) is 0 Å². The SMILES string of the molecule is CCCCC/C=C/C(C)OCOC(CCC)CCC. The zero-order chi connectivity index (χ0) is 14.3. The van der Waals surface area contributed by atoms with E-state index in [2.05, 4.69) is 39.8 Å². The van der Waals surface area contributed by atoms with Crippen LogP contribution in [0.1, 0.15) is 79.1 Å². The molecule has 0 radical (unpaired) electrons. The summed E-state index contributed by atoms with van der Waals surface area (Å²) in [5.41, 5.74) is 0. The molecule has 1 atom stereocenters. The Morgan fingerprint density at radius 2 is 1.58 bits per heavy atom. The summed E-state index contributed by atoms with van der Waals surface area (Å²) in [7, 11) is 0. The maximum atomic E-state index is 5.78. The van der Waals surface area contributed by atoms with Gasteiger partial charge in [0.05, 0.1) is 12.2 Å². The third-order valence-corrected chi connectivity index (χ3v) is 3.24. The van der Waals surface area contributed by atoms with Gasteiger partial charge in [0.2, 0.25) is 0 Å². The number of ether oxygens (including phenoxy) is 2. The molecule has 1 unspecified atom stereocenters. The summed E-state index contributed by atoms with van der Waals surface area (Å²) in [6, 6.07) is 0. The van der Waals surface area contributed by atoms with Gasteiger partial charge >= 0.3 is 0 Å². The molecule has 0 heterocycles. The highest BCUT2D eigenvalue weighted by atomic mass is 16.7. The number of hydrogen-bond donors (Lipinski definition) is 0. The van der Waals surface area contributed by atoms with Crippen LogP contribution in [0, 0.1) is 0 Å². The molecule has 0 aromatic rings. The van der Waals surface area contributed by atoms with Crippen molar-refractivity contribution < 1.29 is 9.47 Å². The van der Waals surface area contributed by atoms with Crippen molar-refractivity contribution in [3.63, 3.8) is 0 Å². The molecular weight excluding hydrogens is 236 g/mol. The van der Waals surface area contributed by atoms with Crippen LogP contribution in [-0.4, -0.2) is 19.0 Å². The van der Waals surface area contributed by atoms with E-state index in [-0.39, 0.29) is 6.10 Å². The molecule has 0 rings (SSSR count). The normalized spacial score (nSPS) is 13.5. The zero-order valence-electron chi connectivity index (χ0n) is 13.5. The Morgan fingerprint density at radius 1 is 0.895 bits per heavy atom. The highest BCUT2D eigenvalue weighted by Crippen LogP contribution is 2.10. The van der Waals surface area contributed by atoms with E-state index in [1.807, 2.05) is 0 Å². The van der Waals surface area contributed by atoms with Gasteiger partial charge in [-0.1, -0.05) is 58.6 Å². The molecule has 0 aliphatic heterocycles. The average Bonchev–Trinajstić information content (AvgIpc) is 2.39. The molecule has 0 saturated carbocycles. The van der Waals surface area contributed by atoms with E-state index in [9.17, 15) is 0 Å². The van der Waals surface area contributed by atoms with Crippen LogP contribution in [0.2, 0.25) is 0 Å². The molecule has 2 heteroatoms. The number of rotatable bonds is 13. The zero-order valence-corrected chi connectivity index (χ0v) is 13.5. The standard InChI is InChI=1S/C17H34O2/c1-5-8-9-10-11-14-16(4)18-15-19-17(12-6-2)13-7-3/h11,14,16-17H,5-10,12-13,15H2,1-4H3/b14-11+. The molecule has 0 aliphatic carbocycles. The Balaban J connectivity index is 3.61. The Morgan fingerprint density at radius 3 is 2.16 bits per heavy atom. The molecule has 0 aliphatic rings. The van der Waals surface area contributed by atoms with Gasteiger partial charge in [-0.15, -0.1) is 0 Å². The molecule has 0 fully saturated rings. The third kappa shape index (κ3) is 12.4. The Bertz CT molecular complexity index is 195. The van der Waals surface area contributed by atoms with Crippen LogP contribution in [0.3, 0.4) is 0 Å². The van der Waals surface area contributed by atoms with Gasteiger partial charge in [-0.3, -0.25) is 0 Å². The van der Waals surface area contributed by atoms with Gasteiger partial charge in [0.15, 0.2) is 0 Å². The van der Waals surface area contributed by atoms with Crippen molar-refractivity contribution in [2.75, 3.05) is 6.79 Å². The van der Waals surface area contributed by atoms with Crippen LogP contribution >= 0.6 is 0 Å². The van der Waals surface area contributed by atoms with Crippen molar-refractivity contribution >= 4 is 0 Å². The highest BCUT2D eigenvalue weighted by Gasteiger charge is 2.07. The largest absolute Gasteiger partial charge is 0.352 e. The lowest BCUT2D eigenvalue weighted by Crippen LogP contribution is -2.17. The first-order valence-corrected chi connectivity index (χ1v) is 8.14. The number of hydrogen-bond acceptors (Lipinski definition) is 2. The van der Waals surface area contributed by atoms with Gasteiger partial charge < -0.3 is 9.47 Å². The second-order valence-electron chi connectivity index (χ2n) is 5.28. The summed E-state index contributed by atoms with van der Waals surface area (Å²) in [6.45, 7) is 9.14. The summed E-state index contributed by atoms with van der Waals surface area (Å²) >= 11 is 0. The third-order valence-electron chi connectivity index (χ3n) is 3.24. The van der Waals surface area contributed by atoms with E-state index in [4.69, 9.17) is 9.47 Å². The first-order valence-electron chi connectivity index (χ1n) is 8.14. The summed E-state index contributed by atoms with van der Waals surface area (Å²) in [5.74, 6) is 0. The minimum absolute atomic E-state index is 0.158. The molecule has 0 N–H and O–H groups in total. The van der Waals surface area contributed by atoms with E-state index < -0.39 is 0 Å². The van der Waals surface area contributed by atoms with Crippen molar-refractivity contribution in [1.82, 2.24) is 0 Å². The quantitative estimate of drug-likeness (QED) is 0.251. The fraction of sp³-hybridized carbons (Fsp3) is 0.882. The second-order valence-corrected chi connectivity index (χ2v) is 5.28. The van der Waals surface area contributed by atoms with Crippen LogP contribution in [0.15, 0.2) is 12.2 Å². The summed E-state index contributed by atoms with van der Waals surface area (Å²) in [6.07, 6.45) is 14.6.